The third-order valence-corrected chi connectivity index (χ3v) is 3.91. The minimum atomic E-state index is -0.704. The van der Waals surface area contributed by atoms with E-state index in [1.165, 1.54) is 12.1 Å². The van der Waals surface area contributed by atoms with E-state index in [0.29, 0.717) is 10.9 Å². The molecule has 0 fully saturated rings. The van der Waals surface area contributed by atoms with Crippen molar-refractivity contribution in [2.45, 2.75) is 18.6 Å². The molecule has 2 unspecified atom stereocenters. The van der Waals surface area contributed by atoms with Gasteiger partial charge in [-0.3, -0.25) is 0 Å². The van der Waals surface area contributed by atoms with Gasteiger partial charge in [0.1, 0.15) is 11.9 Å². The first-order valence-electron chi connectivity index (χ1n) is 6.31. The second kappa shape index (κ2) is 6.97. The average molecular weight is 339 g/mol. The lowest BCUT2D eigenvalue weighted by Crippen LogP contribution is -2.22. The average Bonchev–Trinajstić information content (AvgIpc) is 2.44. The third-order valence-electron chi connectivity index (χ3n) is 3.18. The molecule has 2 aromatic carbocycles. The summed E-state index contributed by atoms with van der Waals surface area (Å²) >= 11 is 3.31. The summed E-state index contributed by atoms with van der Waals surface area (Å²) in [6.07, 6.45) is -0.730. The van der Waals surface area contributed by atoms with E-state index in [1.54, 1.807) is 13.2 Å². The molecule has 2 rings (SSSR count). The van der Waals surface area contributed by atoms with Gasteiger partial charge in [-0.1, -0.05) is 52.3 Å². The highest BCUT2D eigenvalue weighted by Gasteiger charge is 2.21. The van der Waals surface area contributed by atoms with Gasteiger partial charge in [0.15, 0.2) is 0 Å². The molecule has 0 bridgehead atoms. The topological polar surface area (TPSA) is 29.5 Å². The van der Waals surface area contributed by atoms with Crippen LogP contribution in [0.1, 0.15) is 17.2 Å². The van der Waals surface area contributed by atoms with Crippen molar-refractivity contribution in [2.75, 3.05) is 7.11 Å². The van der Waals surface area contributed by atoms with E-state index in [4.69, 9.17) is 4.74 Å². The molecule has 0 saturated heterocycles. The molecule has 106 valence electrons. The Hall–Kier alpha value is -1.23. The van der Waals surface area contributed by atoms with Crippen LogP contribution in [0.25, 0.3) is 0 Å². The van der Waals surface area contributed by atoms with E-state index in [2.05, 4.69) is 15.9 Å². The van der Waals surface area contributed by atoms with Crippen LogP contribution in [0.4, 0.5) is 4.39 Å². The van der Waals surface area contributed by atoms with Gasteiger partial charge in [0.05, 0.1) is 6.10 Å². The minimum absolute atomic E-state index is 0.304. The number of halogens is 2. The predicted octanol–water partition coefficient (Wildman–Crippen LogP) is 3.88. The lowest BCUT2D eigenvalue weighted by molar-refractivity contribution is -0.0129. The number of rotatable bonds is 5. The fourth-order valence-corrected chi connectivity index (χ4v) is 2.69. The Kier molecular flexibility index (Phi) is 5.29. The molecule has 0 heterocycles. The largest absolute Gasteiger partial charge is 0.390 e. The van der Waals surface area contributed by atoms with E-state index in [-0.39, 0.29) is 5.82 Å². The van der Waals surface area contributed by atoms with Crippen molar-refractivity contribution in [2.24, 2.45) is 0 Å². The molecule has 0 saturated carbocycles. The van der Waals surface area contributed by atoms with Crippen molar-refractivity contribution in [3.63, 3.8) is 0 Å². The fraction of sp³-hybridized carbons (Fsp3) is 0.250. The van der Waals surface area contributed by atoms with E-state index in [0.717, 1.165) is 11.1 Å². The first-order chi connectivity index (χ1) is 9.61. The van der Waals surface area contributed by atoms with Crippen molar-refractivity contribution in [3.8, 4) is 0 Å². The molecule has 0 aliphatic heterocycles. The fourth-order valence-electron chi connectivity index (χ4n) is 2.18. The van der Waals surface area contributed by atoms with Gasteiger partial charge in [0, 0.05) is 18.0 Å². The van der Waals surface area contributed by atoms with Gasteiger partial charge in [0.2, 0.25) is 0 Å². The lowest BCUT2D eigenvalue weighted by atomic mass is 9.98. The van der Waals surface area contributed by atoms with Crippen molar-refractivity contribution in [1.82, 2.24) is 0 Å². The van der Waals surface area contributed by atoms with Crippen molar-refractivity contribution in [1.29, 1.82) is 0 Å². The highest BCUT2D eigenvalue weighted by Crippen LogP contribution is 2.26. The van der Waals surface area contributed by atoms with E-state index < -0.39 is 12.2 Å². The Balaban J connectivity index is 2.15. The van der Waals surface area contributed by atoms with Crippen LogP contribution in [0, 0.1) is 5.82 Å². The summed E-state index contributed by atoms with van der Waals surface area (Å²) in [6, 6.07) is 14.0. The summed E-state index contributed by atoms with van der Waals surface area (Å²) in [6.45, 7) is 0. The highest BCUT2D eigenvalue weighted by atomic mass is 79.9. The molecule has 0 amide bonds. The molecule has 1 N–H and O–H groups in total. The Morgan fingerprint density at radius 3 is 2.50 bits per heavy atom. The molecule has 2 aromatic rings. The Morgan fingerprint density at radius 1 is 1.20 bits per heavy atom. The van der Waals surface area contributed by atoms with Crippen LogP contribution in [0.2, 0.25) is 0 Å². The van der Waals surface area contributed by atoms with Gasteiger partial charge in [0.25, 0.3) is 0 Å². The summed E-state index contributed by atoms with van der Waals surface area (Å²) < 4.78 is 19.1. The van der Waals surface area contributed by atoms with Crippen LogP contribution < -0.4 is 0 Å². The van der Waals surface area contributed by atoms with Gasteiger partial charge in [-0.25, -0.2) is 4.39 Å². The maximum atomic E-state index is 13.1. The smallest absolute Gasteiger partial charge is 0.124 e. The number of aliphatic hydroxyl groups excluding tert-OH is 1. The summed E-state index contributed by atoms with van der Waals surface area (Å²) in [4.78, 5) is 0. The second-order valence-corrected chi connectivity index (χ2v) is 5.43. The van der Waals surface area contributed by atoms with Gasteiger partial charge >= 0.3 is 0 Å². The summed E-state index contributed by atoms with van der Waals surface area (Å²) in [5.41, 5.74) is 1.76. The zero-order chi connectivity index (χ0) is 14.5. The van der Waals surface area contributed by atoms with Crippen LogP contribution >= 0.6 is 15.9 Å². The molecular weight excluding hydrogens is 323 g/mol. The monoisotopic (exact) mass is 338 g/mol. The summed E-state index contributed by atoms with van der Waals surface area (Å²) in [5.74, 6) is -0.304. The maximum Gasteiger partial charge on any atom is 0.124 e. The van der Waals surface area contributed by atoms with Crippen molar-refractivity contribution < 1.29 is 14.2 Å². The standard InChI is InChI=1S/C16H16BrFO2/c1-20-16(11-5-3-2-4-6-11)15(19)9-12-7-8-13(18)10-14(12)17/h2-8,10,15-16,19H,9H2,1H3. The number of hydrogen-bond donors (Lipinski definition) is 1. The molecule has 0 radical (unpaired) electrons. The van der Waals surface area contributed by atoms with Crippen LogP contribution in [0.15, 0.2) is 53.0 Å². The van der Waals surface area contributed by atoms with E-state index >= 15 is 0 Å². The SMILES string of the molecule is COC(c1ccccc1)C(O)Cc1ccc(F)cc1Br. The van der Waals surface area contributed by atoms with Gasteiger partial charge in [-0.2, -0.15) is 0 Å². The molecule has 0 aliphatic carbocycles. The molecule has 4 heteroatoms. The highest BCUT2D eigenvalue weighted by molar-refractivity contribution is 9.10. The first kappa shape index (κ1) is 15.2. The van der Waals surface area contributed by atoms with Crippen LogP contribution in [0.3, 0.4) is 0 Å². The molecule has 0 spiro atoms. The first-order valence-corrected chi connectivity index (χ1v) is 7.11. The normalized spacial score (nSPS) is 14.0. The summed E-state index contributed by atoms with van der Waals surface area (Å²) in [7, 11) is 1.57. The molecule has 2 nitrogen and oxygen atoms in total. The van der Waals surface area contributed by atoms with E-state index in [1.807, 2.05) is 30.3 Å². The lowest BCUT2D eigenvalue weighted by Gasteiger charge is -2.22. The maximum absolute atomic E-state index is 13.1. The summed E-state index contributed by atoms with van der Waals surface area (Å²) in [5, 5.41) is 10.4. The molecule has 0 aliphatic rings. The van der Waals surface area contributed by atoms with Crippen molar-refractivity contribution in [3.05, 3.63) is 69.9 Å². The third kappa shape index (κ3) is 3.66. The van der Waals surface area contributed by atoms with E-state index in [9.17, 15) is 9.50 Å². The van der Waals surface area contributed by atoms with Gasteiger partial charge in [-0.15, -0.1) is 0 Å². The Labute approximate surface area is 126 Å². The Bertz CT molecular complexity index is 560. The Morgan fingerprint density at radius 2 is 1.90 bits per heavy atom. The number of hydrogen-bond acceptors (Lipinski definition) is 2. The number of methoxy groups -OCH3 is 1. The van der Waals surface area contributed by atoms with Crippen LogP contribution in [-0.2, 0) is 11.2 Å². The van der Waals surface area contributed by atoms with Gasteiger partial charge in [-0.05, 0) is 23.3 Å². The molecule has 0 aromatic heterocycles. The van der Waals surface area contributed by atoms with Crippen molar-refractivity contribution >= 4 is 15.9 Å². The molecule has 2 atom stereocenters. The zero-order valence-corrected chi connectivity index (χ0v) is 12.7. The number of benzene rings is 2. The minimum Gasteiger partial charge on any atom is -0.390 e. The molecule has 20 heavy (non-hydrogen) atoms. The van der Waals surface area contributed by atoms with Crippen LogP contribution in [-0.4, -0.2) is 18.3 Å². The second-order valence-electron chi connectivity index (χ2n) is 4.57. The number of ether oxygens (including phenoxy) is 1. The van der Waals surface area contributed by atoms with Gasteiger partial charge < -0.3 is 9.84 Å². The van der Waals surface area contributed by atoms with Crippen LogP contribution in [0.5, 0.6) is 0 Å². The number of aliphatic hydroxyl groups is 1. The predicted molar refractivity (Wildman–Crippen MR) is 80.0 cm³/mol. The molecular formula is C16H16BrFO2. The quantitative estimate of drug-likeness (QED) is 0.896. The zero-order valence-electron chi connectivity index (χ0n) is 11.1.